The van der Waals surface area contributed by atoms with Gasteiger partial charge in [-0.05, 0) is 44.1 Å². The van der Waals surface area contributed by atoms with Gasteiger partial charge in [-0.3, -0.25) is 0 Å². The van der Waals surface area contributed by atoms with Crippen molar-refractivity contribution in [3.05, 3.63) is 29.8 Å². The number of aliphatic hydroxyl groups is 1. The van der Waals surface area contributed by atoms with Crippen molar-refractivity contribution in [1.29, 1.82) is 0 Å². The lowest BCUT2D eigenvalue weighted by molar-refractivity contribution is 0.198. The lowest BCUT2D eigenvalue weighted by Gasteiger charge is -2.41. The number of aliphatic hydroxyl groups excluding tert-OH is 1. The molecule has 1 aromatic rings. The molecular formula is C17H25NO. The van der Waals surface area contributed by atoms with Crippen LogP contribution in [0.4, 0.5) is 5.69 Å². The number of anilines is 1. The second-order valence-electron chi connectivity index (χ2n) is 6.43. The van der Waals surface area contributed by atoms with Gasteiger partial charge in [-0.1, -0.05) is 31.0 Å². The van der Waals surface area contributed by atoms with Gasteiger partial charge < -0.3 is 10.0 Å². The Morgan fingerprint density at radius 2 is 1.68 bits per heavy atom. The van der Waals surface area contributed by atoms with Gasteiger partial charge >= 0.3 is 0 Å². The van der Waals surface area contributed by atoms with Crippen LogP contribution in [-0.4, -0.2) is 18.2 Å². The van der Waals surface area contributed by atoms with Crippen LogP contribution in [0.3, 0.4) is 0 Å². The molecule has 2 fully saturated rings. The van der Waals surface area contributed by atoms with Crippen LogP contribution in [0, 0.1) is 5.41 Å². The van der Waals surface area contributed by atoms with Crippen molar-refractivity contribution in [2.45, 2.75) is 51.6 Å². The topological polar surface area (TPSA) is 23.5 Å². The molecule has 1 aliphatic carbocycles. The average molecular weight is 259 g/mol. The van der Waals surface area contributed by atoms with Crippen molar-refractivity contribution in [3.63, 3.8) is 0 Å². The van der Waals surface area contributed by atoms with Gasteiger partial charge in [-0.25, -0.2) is 0 Å². The van der Waals surface area contributed by atoms with Gasteiger partial charge in [-0.15, -0.1) is 0 Å². The van der Waals surface area contributed by atoms with Gasteiger partial charge in [0.1, 0.15) is 0 Å². The van der Waals surface area contributed by atoms with Gasteiger partial charge in [0.25, 0.3) is 0 Å². The fourth-order valence-corrected chi connectivity index (χ4v) is 3.98. The molecule has 1 saturated carbocycles. The van der Waals surface area contributed by atoms with Crippen molar-refractivity contribution in [2.24, 2.45) is 5.41 Å². The summed E-state index contributed by atoms with van der Waals surface area (Å²) in [4.78, 5) is 2.48. The number of benzene rings is 1. The molecular weight excluding hydrogens is 234 g/mol. The molecule has 104 valence electrons. The first-order chi connectivity index (χ1) is 9.20. The Morgan fingerprint density at radius 1 is 1.05 bits per heavy atom. The molecule has 1 saturated heterocycles. The fraction of sp³-hybridized carbons (Fsp3) is 0.647. The molecule has 2 aliphatic rings. The third kappa shape index (κ3) is 2.51. The summed E-state index contributed by atoms with van der Waals surface area (Å²) < 4.78 is 0. The maximum absolute atomic E-state index is 9.91. The quantitative estimate of drug-likeness (QED) is 0.870. The Bertz CT molecular complexity index is 425. The molecule has 0 bridgehead atoms. The molecule has 0 aromatic heterocycles. The molecule has 2 heteroatoms. The molecule has 19 heavy (non-hydrogen) atoms. The third-order valence-electron chi connectivity index (χ3n) is 5.22. The normalized spacial score (nSPS) is 23.8. The van der Waals surface area contributed by atoms with E-state index >= 15 is 0 Å². The summed E-state index contributed by atoms with van der Waals surface area (Å²) in [7, 11) is 0. The molecule has 1 aliphatic heterocycles. The summed E-state index contributed by atoms with van der Waals surface area (Å²) in [5, 5.41) is 9.91. The van der Waals surface area contributed by atoms with Crippen LogP contribution in [0.25, 0.3) is 0 Å². The smallest absolute Gasteiger partial charge is 0.0781 e. The molecule has 1 heterocycles. The van der Waals surface area contributed by atoms with Crippen LogP contribution in [0.2, 0.25) is 0 Å². The lowest BCUT2D eigenvalue weighted by Crippen LogP contribution is -2.39. The van der Waals surface area contributed by atoms with Crippen LogP contribution in [-0.2, 0) is 0 Å². The van der Waals surface area contributed by atoms with E-state index in [0.29, 0.717) is 5.41 Å². The van der Waals surface area contributed by atoms with Gasteiger partial charge in [0.2, 0.25) is 0 Å². The molecule has 0 amide bonds. The highest BCUT2D eigenvalue weighted by atomic mass is 16.3. The van der Waals surface area contributed by atoms with Gasteiger partial charge in [0.05, 0.1) is 6.10 Å². The van der Waals surface area contributed by atoms with Crippen LogP contribution in [0.15, 0.2) is 24.3 Å². The third-order valence-corrected chi connectivity index (χ3v) is 5.22. The van der Waals surface area contributed by atoms with Crippen molar-refractivity contribution >= 4 is 5.69 Å². The summed E-state index contributed by atoms with van der Waals surface area (Å²) in [6.45, 7) is 4.18. The highest BCUT2D eigenvalue weighted by Crippen LogP contribution is 2.47. The van der Waals surface area contributed by atoms with Crippen molar-refractivity contribution in [3.8, 4) is 0 Å². The van der Waals surface area contributed by atoms with Crippen molar-refractivity contribution < 1.29 is 5.11 Å². The van der Waals surface area contributed by atoms with Gasteiger partial charge in [-0.2, -0.15) is 0 Å². The second-order valence-corrected chi connectivity index (χ2v) is 6.43. The van der Waals surface area contributed by atoms with E-state index in [1.165, 1.54) is 44.2 Å². The lowest BCUT2D eigenvalue weighted by atomic mass is 9.77. The minimum atomic E-state index is -0.376. The Labute approximate surface area is 116 Å². The monoisotopic (exact) mass is 259 g/mol. The van der Waals surface area contributed by atoms with E-state index in [1.807, 2.05) is 13.0 Å². The Kier molecular flexibility index (Phi) is 3.53. The first kappa shape index (κ1) is 13.0. The van der Waals surface area contributed by atoms with Gasteiger partial charge in [0.15, 0.2) is 0 Å². The first-order valence-corrected chi connectivity index (χ1v) is 7.72. The van der Waals surface area contributed by atoms with E-state index in [-0.39, 0.29) is 6.10 Å². The Balaban J connectivity index is 1.75. The summed E-state index contributed by atoms with van der Waals surface area (Å²) >= 11 is 0. The number of hydrogen-bond donors (Lipinski definition) is 1. The van der Waals surface area contributed by atoms with Gasteiger partial charge in [0, 0.05) is 24.3 Å². The highest BCUT2D eigenvalue weighted by molar-refractivity contribution is 5.54. The van der Waals surface area contributed by atoms with E-state index in [4.69, 9.17) is 0 Å². The summed E-state index contributed by atoms with van der Waals surface area (Å²) in [6, 6.07) is 8.32. The van der Waals surface area contributed by atoms with E-state index < -0.39 is 0 Å². The standard InChI is InChI=1S/C17H25NO/c1-14(19)15-6-2-3-7-16(15)18-12-10-17(11-13-18)8-4-5-9-17/h2-3,6-7,14,19H,4-5,8-13H2,1H3/t14-/m1/s1. The number of hydrogen-bond acceptors (Lipinski definition) is 2. The molecule has 1 N–H and O–H groups in total. The maximum Gasteiger partial charge on any atom is 0.0781 e. The molecule has 0 radical (unpaired) electrons. The second kappa shape index (κ2) is 5.16. The SMILES string of the molecule is C[C@@H](O)c1ccccc1N1CCC2(CCCC2)CC1. The zero-order valence-corrected chi connectivity index (χ0v) is 11.9. The number of nitrogens with zero attached hydrogens (tertiary/aromatic N) is 1. The molecule has 1 spiro atoms. The minimum Gasteiger partial charge on any atom is -0.389 e. The van der Waals surface area contributed by atoms with Crippen LogP contribution in [0.5, 0.6) is 0 Å². The summed E-state index contributed by atoms with van der Waals surface area (Å²) in [5.41, 5.74) is 2.98. The Hall–Kier alpha value is -1.02. The predicted octanol–water partition coefficient (Wildman–Crippen LogP) is 3.90. The Morgan fingerprint density at radius 3 is 2.32 bits per heavy atom. The predicted molar refractivity (Wildman–Crippen MR) is 79.4 cm³/mol. The van der Waals surface area contributed by atoms with E-state index in [0.717, 1.165) is 18.7 Å². The first-order valence-electron chi connectivity index (χ1n) is 7.72. The molecule has 3 rings (SSSR count). The fourth-order valence-electron chi connectivity index (χ4n) is 3.98. The molecule has 1 aromatic carbocycles. The molecule has 1 atom stereocenters. The van der Waals surface area contributed by atoms with Crippen LogP contribution >= 0.6 is 0 Å². The molecule has 0 unspecified atom stereocenters. The minimum absolute atomic E-state index is 0.376. The highest BCUT2D eigenvalue weighted by Gasteiger charge is 2.37. The number of para-hydroxylation sites is 1. The summed E-state index contributed by atoms with van der Waals surface area (Å²) in [6.07, 6.45) is 8.05. The van der Waals surface area contributed by atoms with Crippen LogP contribution in [0.1, 0.15) is 57.1 Å². The largest absolute Gasteiger partial charge is 0.389 e. The van der Waals surface area contributed by atoms with Crippen molar-refractivity contribution in [2.75, 3.05) is 18.0 Å². The van der Waals surface area contributed by atoms with Crippen molar-refractivity contribution in [1.82, 2.24) is 0 Å². The number of piperidine rings is 1. The zero-order valence-electron chi connectivity index (χ0n) is 11.9. The van der Waals surface area contributed by atoms with E-state index in [9.17, 15) is 5.11 Å². The van der Waals surface area contributed by atoms with Crippen LogP contribution < -0.4 is 4.90 Å². The van der Waals surface area contributed by atoms with E-state index in [2.05, 4.69) is 23.1 Å². The molecule has 2 nitrogen and oxygen atoms in total. The summed E-state index contributed by atoms with van der Waals surface area (Å²) in [5.74, 6) is 0. The maximum atomic E-state index is 9.91. The zero-order chi connectivity index (χ0) is 13.3. The van der Waals surface area contributed by atoms with E-state index in [1.54, 1.807) is 0 Å². The number of rotatable bonds is 2. The average Bonchev–Trinajstić information content (AvgIpc) is 2.88.